The molecule has 0 atom stereocenters. The van der Waals surface area contributed by atoms with Gasteiger partial charge in [0.15, 0.2) is 0 Å². The number of rotatable bonds is 7. The first-order valence-corrected chi connectivity index (χ1v) is 8.60. The maximum atomic E-state index is 12.1. The molecule has 0 fully saturated rings. The summed E-state index contributed by atoms with van der Waals surface area (Å²) in [4.78, 5) is 28.2. The Bertz CT molecular complexity index is 904. The molecule has 0 aliphatic heterocycles. The highest BCUT2D eigenvalue weighted by Gasteiger charge is 2.15. The monoisotopic (exact) mass is 364 g/mol. The molecule has 0 aliphatic rings. The zero-order valence-corrected chi connectivity index (χ0v) is 15.0. The van der Waals surface area contributed by atoms with E-state index in [-0.39, 0.29) is 25.5 Å². The molecular formula is C21H20N2O4. The van der Waals surface area contributed by atoms with Crippen LogP contribution < -0.4 is 5.32 Å². The summed E-state index contributed by atoms with van der Waals surface area (Å²) in [6.45, 7) is 1.75. The van der Waals surface area contributed by atoms with Crippen LogP contribution in [0.15, 0.2) is 65.1 Å². The number of hydrogen-bond donors (Lipinski definition) is 1. The first-order chi connectivity index (χ1) is 13.1. The van der Waals surface area contributed by atoms with Crippen molar-refractivity contribution < 1.29 is 18.7 Å². The van der Waals surface area contributed by atoms with Crippen molar-refractivity contribution in [2.75, 3.05) is 6.54 Å². The lowest BCUT2D eigenvalue weighted by molar-refractivity contribution is -0.145. The van der Waals surface area contributed by atoms with Crippen molar-refractivity contribution in [2.45, 2.75) is 20.0 Å². The molecule has 0 unspecified atom stereocenters. The van der Waals surface area contributed by atoms with Gasteiger partial charge in [0.2, 0.25) is 11.8 Å². The maximum Gasteiger partial charge on any atom is 0.325 e. The number of amides is 1. The van der Waals surface area contributed by atoms with E-state index >= 15 is 0 Å². The van der Waals surface area contributed by atoms with Gasteiger partial charge < -0.3 is 14.5 Å². The van der Waals surface area contributed by atoms with E-state index < -0.39 is 5.97 Å². The molecule has 3 rings (SSSR count). The van der Waals surface area contributed by atoms with Crippen LogP contribution in [-0.4, -0.2) is 23.4 Å². The minimum atomic E-state index is -0.492. The molecule has 0 saturated carbocycles. The third-order valence-electron chi connectivity index (χ3n) is 3.91. The standard InChI is InChI=1S/C21H20N2O4/c1-15-18(23-21(27-15)17-10-6-3-7-11-17)12-19(24)22-13-20(25)26-14-16-8-4-2-5-9-16/h2-11H,12-14H2,1H3,(H,22,24). The van der Waals surface area contributed by atoms with Gasteiger partial charge in [0, 0.05) is 5.56 Å². The Labute approximate surface area is 157 Å². The predicted octanol–water partition coefficient (Wildman–Crippen LogP) is 3.05. The summed E-state index contributed by atoms with van der Waals surface area (Å²) in [6, 6.07) is 18.8. The quantitative estimate of drug-likeness (QED) is 0.652. The number of benzene rings is 2. The molecule has 0 saturated heterocycles. The van der Waals surface area contributed by atoms with E-state index in [1.165, 1.54) is 0 Å². The number of carbonyl (C=O) groups is 2. The Hall–Kier alpha value is -3.41. The van der Waals surface area contributed by atoms with Crippen molar-refractivity contribution >= 4 is 11.9 Å². The van der Waals surface area contributed by atoms with Gasteiger partial charge in [-0.3, -0.25) is 9.59 Å². The van der Waals surface area contributed by atoms with E-state index in [1.807, 2.05) is 60.7 Å². The molecule has 0 spiro atoms. The van der Waals surface area contributed by atoms with Crippen molar-refractivity contribution in [1.82, 2.24) is 10.3 Å². The van der Waals surface area contributed by atoms with Gasteiger partial charge in [-0.1, -0.05) is 48.5 Å². The summed E-state index contributed by atoms with van der Waals surface area (Å²) in [5.74, 6) is 0.241. The highest BCUT2D eigenvalue weighted by Crippen LogP contribution is 2.21. The molecule has 0 radical (unpaired) electrons. The largest absolute Gasteiger partial charge is 0.460 e. The van der Waals surface area contributed by atoms with Crippen LogP contribution in [0.2, 0.25) is 0 Å². The van der Waals surface area contributed by atoms with E-state index in [2.05, 4.69) is 10.3 Å². The molecule has 1 aromatic heterocycles. The van der Waals surface area contributed by atoms with Crippen molar-refractivity contribution in [3.05, 3.63) is 77.7 Å². The van der Waals surface area contributed by atoms with Crippen LogP contribution in [0.3, 0.4) is 0 Å². The van der Waals surface area contributed by atoms with E-state index in [1.54, 1.807) is 6.92 Å². The van der Waals surface area contributed by atoms with Gasteiger partial charge in [0.25, 0.3) is 0 Å². The lowest BCUT2D eigenvalue weighted by atomic mass is 10.2. The molecule has 27 heavy (non-hydrogen) atoms. The molecule has 1 N–H and O–H groups in total. The minimum Gasteiger partial charge on any atom is -0.460 e. The highest BCUT2D eigenvalue weighted by molar-refractivity contribution is 5.83. The molecule has 1 heterocycles. The van der Waals surface area contributed by atoms with Gasteiger partial charge in [-0.2, -0.15) is 0 Å². The fourth-order valence-corrected chi connectivity index (χ4v) is 2.47. The van der Waals surface area contributed by atoms with Crippen molar-refractivity contribution in [2.24, 2.45) is 0 Å². The Morgan fingerprint density at radius 3 is 2.41 bits per heavy atom. The van der Waals surface area contributed by atoms with Crippen LogP contribution in [-0.2, 0) is 27.4 Å². The van der Waals surface area contributed by atoms with E-state index in [9.17, 15) is 9.59 Å². The topological polar surface area (TPSA) is 81.4 Å². The Balaban J connectivity index is 1.48. The predicted molar refractivity (Wildman–Crippen MR) is 99.6 cm³/mol. The summed E-state index contributed by atoms with van der Waals surface area (Å²) in [5, 5.41) is 2.55. The average Bonchev–Trinajstić information content (AvgIpc) is 3.06. The van der Waals surface area contributed by atoms with Gasteiger partial charge in [-0.05, 0) is 24.6 Å². The number of hydrogen-bond acceptors (Lipinski definition) is 5. The van der Waals surface area contributed by atoms with Crippen LogP contribution in [0, 0.1) is 6.92 Å². The van der Waals surface area contributed by atoms with Crippen molar-refractivity contribution in [3.63, 3.8) is 0 Å². The number of ether oxygens (including phenoxy) is 1. The van der Waals surface area contributed by atoms with Crippen molar-refractivity contribution in [1.29, 1.82) is 0 Å². The summed E-state index contributed by atoms with van der Waals surface area (Å²) < 4.78 is 10.8. The average molecular weight is 364 g/mol. The third-order valence-corrected chi connectivity index (χ3v) is 3.91. The number of nitrogens with zero attached hydrogens (tertiary/aromatic N) is 1. The van der Waals surface area contributed by atoms with Crippen LogP contribution in [0.1, 0.15) is 17.0 Å². The lowest BCUT2D eigenvalue weighted by Crippen LogP contribution is -2.31. The smallest absolute Gasteiger partial charge is 0.325 e. The molecule has 138 valence electrons. The van der Waals surface area contributed by atoms with E-state index in [0.29, 0.717) is 17.3 Å². The third kappa shape index (κ3) is 5.28. The lowest BCUT2D eigenvalue weighted by Gasteiger charge is -2.06. The Kier molecular flexibility index (Phi) is 5.99. The SMILES string of the molecule is Cc1oc(-c2ccccc2)nc1CC(=O)NCC(=O)OCc1ccccc1. The number of oxazole rings is 1. The molecule has 6 heteroatoms. The normalized spacial score (nSPS) is 10.4. The van der Waals surface area contributed by atoms with Gasteiger partial charge >= 0.3 is 5.97 Å². The molecule has 1 amide bonds. The van der Waals surface area contributed by atoms with E-state index in [4.69, 9.17) is 9.15 Å². The zero-order valence-electron chi connectivity index (χ0n) is 15.0. The second kappa shape index (κ2) is 8.80. The molecule has 3 aromatic rings. The summed E-state index contributed by atoms with van der Waals surface area (Å²) in [6.07, 6.45) is 0.0358. The first kappa shape index (κ1) is 18.4. The number of esters is 1. The fraction of sp³-hybridized carbons (Fsp3) is 0.190. The minimum absolute atomic E-state index is 0.0358. The maximum absolute atomic E-state index is 12.1. The van der Waals surface area contributed by atoms with Crippen LogP contribution in [0.4, 0.5) is 0 Å². The second-order valence-electron chi connectivity index (χ2n) is 5.99. The number of nitrogens with one attached hydrogen (secondary N) is 1. The number of aryl methyl sites for hydroxylation is 1. The Morgan fingerprint density at radius 2 is 1.70 bits per heavy atom. The van der Waals surface area contributed by atoms with Gasteiger partial charge in [0.05, 0.1) is 12.1 Å². The zero-order chi connectivity index (χ0) is 19.1. The number of carbonyl (C=O) groups excluding carboxylic acids is 2. The molecule has 2 aromatic carbocycles. The van der Waals surface area contributed by atoms with Crippen LogP contribution in [0.25, 0.3) is 11.5 Å². The van der Waals surface area contributed by atoms with Gasteiger partial charge in [-0.15, -0.1) is 0 Å². The van der Waals surface area contributed by atoms with Crippen molar-refractivity contribution in [3.8, 4) is 11.5 Å². The summed E-state index contributed by atoms with van der Waals surface area (Å²) in [7, 11) is 0. The summed E-state index contributed by atoms with van der Waals surface area (Å²) >= 11 is 0. The molecular weight excluding hydrogens is 344 g/mol. The molecule has 6 nitrogen and oxygen atoms in total. The summed E-state index contributed by atoms with van der Waals surface area (Å²) in [5.41, 5.74) is 2.28. The van der Waals surface area contributed by atoms with Crippen LogP contribution in [0.5, 0.6) is 0 Å². The first-order valence-electron chi connectivity index (χ1n) is 8.60. The Morgan fingerprint density at radius 1 is 1.04 bits per heavy atom. The van der Waals surface area contributed by atoms with Gasteiger partial charge in [-0.25, -0.2) is 4.98 Å². The fourth-order valence-electron chi connectivity index (χ4n) is 2.47. The van der Waals surface area contributed by atoms with Gasteiger partial charge in [0.1, 0.15) is 18.9 Å². The molecule has 0 bridgehead atoms. The highest BCUT2D eigenvalue weighted by atomic mass is 16.5. The number of aromatic nitrogens is 1. The molecule has 0 aliphatic carbocycles. The van der Waals surface area contributed by atoms with E-state index in [0.717, 1.165) is 11.1 Å². The van der Waals surface area contributed by atoms with Crippen LogP contribution >= 0.6 is 0 Å². The second-order valence-corrected chi connectivity index (χ2v) is 5.99.